The first kappa shape index (κ1) is 13.6. The van der Waals surface area contributed by atoms with E-state index in [4.69, 9.17) is 16.3 Å². The lowest BCUT2D eigenvalue weighted by Gasteiger charge is -2.19. The maximum atomic E-state index is 5.96. The van der Waals surface area contributed by atoms with Gasteiger partial charge in [0, 0.05) is 13.6 Å². The fraction of sp³-hybridized carbons (Fsp3) is 0.214. The first-order valence-electron chi connectivity index (χ1n) is 6.38. The quantitative estimate of drug-likeness (QED) is 0.751. The highest BCUT2D eigenvalue weighted by Crippen LogP contribution is 2.24. The summed E-state index contributed by atoms with van der Waals surface area (Å²) in [6.45, 7) is 0.671. The Morgan fingerprint density at radius 2 is 2.19 bits per heavy atom. The number of methoxy groups -OCH3 is 1. The molecule has 0 amide bonds. The fourth-order valence-corrected chi connectivity index (χ4v) is 2.37. The molecule has 0 spiro atoms. The minimum Gasteiger partial charge on any atom is -0.497 e. The number of ether oxygens (including phenoxy) is 1. The minimum atomic E-state index is 0.194. The van der Waals surface area contributed by atoms with Crippen molar-refractivity contribution >= 4 is 28.5 Å². The normalized spacial score (nSPS) is 10.8. The smallest absolute Gasteiger partial charge is 0.226 e. The van der Waals surface area contributed by atoms with E-state index in [0.717, 1.165) is 22.5 Å². The summed E-state index contributed by atoms with van der Waals surface area (Å²) in [4.78, 5) is 10.4. The minimum absolute atomic E-state index is 0.194. The van der Waals surface area contributed by atoms with Crippen LogP contribution in [0.5, 0.6) is 5.75 Å². The fourth-order valence-electron chi connectivity index (χ4n) is 2.20. The van der Waals surface area contributed by atoms with Crippen molar-refractivity contribution in [2.45, 2.75) is 6.54 Å². The van der Waals surface area contributed by atoms with Crippen molar-refractivity contribution in [2.75, 3.05) is 19.1 Å². The van der Waals surface area contributed by atoms with Gasteiger partial charge in [0.25, 0.3) is 0 Å². The van der Waals surface area contributed by atoms with E-state index in [1.807, 2.05) is 36.2 Å². The number of anilines is 1. The van der Waals surface area contributed by atoms with Gasteiger partial charge in [-0.15, -0.1) is 0 Å². The monoisotopic (exact) mass is 303 g/mol. The van der Waals surface area contributed by atoms with Crippen LogP contribution in [0.25, 0.3) is 11.0 Å². The summed E-state index contributed by atoms with van der Waals surface area (Å²) in [5.74, 6) is 1.57. The molecule has 0 aliphatic rings. The Morgan fingerprint density at radius 3 is 3.00 bits per heavy atom. The van der Waals surface area contributed by atoms with Gasteiger partial charge in [-0.1, -0.05) is 12.1 Å². The lowest BCUT2D eigenvalue weighted by atomic mass is 10.2. The number of H-pyrrole nitrogens is 1. The highest BCUT2D eigenvalue weighted by atomic mass is 35.5. The van der Waals surface area contributed by atoms with Crippen LogP contribution in [0.2, 0.25) is 5.28 Å². The molecule has 2 aromatic heterocycles. The number of halogens is 1. The molecule has 7 heteroatoms. The van der Waals surface area contributed by atoms with Gasteiger partial charge in [0.05, 0.1) is 18.7 Å². The molecule has 0 fully saturated rings. The van der Waals surface area contributed by atoms with Crippen molar-refractivity contribution in [3.8, 4) is 5.75 Å². The second-order valence-electron chi connectivity index (χ2n) is 4.66. The van der Waals surface area contributed by atoms with Crippen LogP contribution in [0.4, 0.5) is 5.82 Å². The second-order valence-corrected chi connectivity index (χ2v) is 4.99. The Morgan fingerprint density at radius 1 is 1.33 bits per heavy atom. The second kappa shape index (κ2) is 5.57. The zero-order valence-corrected chi connectivity index (χ0v) is 12.4. The van der Waals surface area contributed by atoms with E-state index < -0.39 is 0 Å². The van der Waals surface area contributed by atoms with Crippen molar-refractivity contribution in [1.29, 1.82) is 0 Å². The van der Waals surface area contributed by atoms with Crippen molar-refractivity contribution in [3.63, 3.8) is 0 Å². The third-order valence-electron chi connectivity index (χ3n) is 3.18. The van der Waals surface area contributed by atoms with E-state index in [9.17, 15) is 0 Å². The van der Waals surface area contributed by atoms with Gasteiger partial charge in [-0.2, -0.15) is 15.1 Å². The van der Waals surface area contributed by atoms with Crippen LogP contribution in [0.1, 0.15) is 5.56 Å². The topological polar surface area (TPSA) is 66.9 Å². The summed E-state index contributed by atoms with van der Waals surface area (Å²) in [5.41, 5.74) is 1.74. The van der Waals surface area contributed by atoms with Crippen LogP contribution in [-0.4, -0.2) is 34.3 Å². The Kier molecular flexibility index (Phi) is 3.62. The van der Waals surface area contributed by atoms with E-state index in [1.54, 1.807) is 13.3 Å². The number of rotatable bonds is 4. The molecule has 21 heavy (non-hydrogen) atoms. The first-order valence-corrected chi connectivity index (χ1v) is 6.76. The molecule has 0 bridgehead atoms. The molecular formula is C14H14ClN5O. The lowest BCUT2D eigenvalue weighted by Crippen LogP contribution is -2.18. The molecule has 1 aromatic carbocycles. The number of nitrogens with one attached hydrogen (secondary N) is 1. The van der Waals surface area contributed by atoms with E-state index >= 15 is 0 Å². The summed E-state index contributed by atoms with van der Waals surface area (Å²) in [6.07, 6.45) is 1.70. The largest absolute Gasteiger partial charge is 0.497 e. The Hall–Kier alpha value is -2.34. The van der Waals surface area contributed by atoms with Crippen molar-refractivity contribution in [2.24, 2.45) is 0 Å². The standard InChI is InChI=1S/C14H14ClN5O/c1-20(8-9-4-3-5-10(6-9)21-2)13-11-7-16-19-12(11)17-14(15)18-13/h3-7H,8H2,1-2H3,(H,16,17,18,19). The summed E-state index contributed by atoms with van der Waals surface area (Å²) in [7, 11) is 3.60. The van der Waals surface area contributed by atoms with Crippen LogP contribution >= 0.6 is 11.6 Å². The third kappa shape index (κ3) is 2.75. The lowest BCUT2D eigenvalue weighted by molar-refractivity contribution is 0.414. The number of fused-ring (bicyclic) bond motifs is 1. The van der Waals surface area contributed by atoms with Gasteiger partial charge in [-0.05, 0) is 29.3 Å². The molecule has 0 saturated carbocycles. The summed E-state index contributed by atoms with van der Waals surface area (Å²) in [5, 5.41) is 7.82. The van der Waals surface area contributed by atoms with Crippen LogP contribution in [0.15, 0.2) is 30.5 Å². The molecule has 3 rings (SSSR count). The Balaban J connectivity index is 1.93. The molecule has 0 saturated heterocycles. The number of aromatic amines is 1. The molecule has 0 atom stereocenters. The van der Waals surface area contributed by atoms with Gasteiger partial charge in [0.15, 0.2) is 5.65 Å². The van der Waals surface area contributed by atoms with Crippen molar-refractivity contribution < 1.29 is 4.74 Å². The predicted octanol–water partition coefficient (Wildman–Crippen LogP) is 2.65. The predicted molar refractivity (Wildman–Crippen MR) is 81.8 cm³/mol. The molecule has 0 aliphatic heterocycles. The number of nitrogens with zero attached hydrogens (tertiary/aromatic N) is 4. The van der Waals surface area contributed by atoms with Crippen LogP contribution in [0, 0.1) is 0 Å². The van der Waals surface area contributed by atoms with E-state index in [2.05, 4.69) is 20.2 Å². The zero-order chi connectivity index (χ0) is 14.8. The van der Waals surface area contributed by atoms with Gasteiger partial charge in [0.2, 0.25) is 5.28 Å². The SMILES string of the molecule is COc1cccc(CN(C)c2nc(Cl)nc3[nH]ncc23)c1. The summed E-state index contributed by atoms with van der Waals surface area (Å²) < 4.78 is 5.24. The molecule has 3 aromatic rings. The number of benzene rings is 1. The molecular weight excluding hydrogens is 290 g/mol. The van der Waals surface area contributed by atoms with E-state index in [0.29, 0.717) is 12.2 Å². The van der Waals surface area contributed by atoms with E-state index in [1.165, 1.54) is 0 Å². The summed E-state index contributed by atoms with van der Waals surface area (Å²) >= 11 is 5.96. The Labute approximate surface area is 126 Å². The maximum Gasteiger partial charge on any atom is 0.226 e. The molecule has 108 valence electrons. The highest BCUT2D eigenvalue weighted by molar-refractivity contribution is 6.28. The maximum absolute atomic E-state index is 5.96. The zero-order valence-electron chi connectivity index (χ0n) is 11.7. The molecule has 0 radical (unpaired) electrons. The Bertz CT molecular complexity index is 773. The van der Waals surface area contributed by atoms with Gasteiger partial charge in [-0.25, -0.2) is 0 Å². The molecule has 0 unspecified atom stereocenters. The van der Waals surface area contributed by atoms with Crippen LogP contribution in [0.3, 0.4) is 0 Å². The number of aromatic nitrogens is 4. The third-order valence-corrected chi connectivity index (χ3v) is 3.35. The number of hydrogen-bond donors (Lipinski definition) is 1. The van der Waals surface area contributed by atoms with Gasteiger partial charge in [-0.3, -0.25) is 5.10 Å². The van der Waals surface area contributed by atoms with E-state index in [-0.39, 0.29) is 5.28 Å². The average Bonchev–Trinajstić information content (AvgIpc) is 2.94. The van der Waals surface area contributed by atoms with Crippen molar-refractivity contribution in [3.05, 3.63) is 41.3 Å². The highest BCUT2D eigenvalue weighted by Gasteiger charge is 2.13. The molecule has 1 N–H and O–H groups in total. The van der Waals surface area contributed by atoms with Gasteiger partial charge >= 0.3 is 0 Å². The molecule has 0 aliphatic carbocycles. The van der Waals surface area contributed by atoms with Gasteiger partial charge in [0.1, 0.15) is 11.6 Å². The van der Waals surface area contributed by atoms with Crippen molar-refractivity contribution in [1.82, 2.24) is 20.2 Å². The molecule has 2 heterocycles. The van der Waals surface area contributed by atoms with Crippen LogP contribution < -0.4 is 9.64 Å². The first-order chi connectivity index (χ1) is 10.2. The van der Waals surface area contributed by atoms with Crippen LogP contribution in [-0.2, 0) is 6.54 Å². The average molecular weight is 304 g/mol. The van der Waals surface area contributed by atoms with Gasteiger partial charge < -0.3 is 9.64 Å². The molecule has 6 nitrogen and oxygen atoms in total. The number of hydrogen-bond acceptors (Lipinski definition) is 5. The summed E-state index contributed by atoms with van der Waals surface area (Å²) in [6, 6.07) is 7.90.